The monoisotopic (exact) mass is 478 g/mol. The third kappa shape index (κ3) is 9.12. The lowest BCUT2D eigenvalue weighted by Crippen LogP contribution is -2.47. The van der Waals surface area contributed by atoms with Gasteiger partial charge in [0, 0.05) is 25.7 Å². The molecule has 0 fully saturated rings. The molecule has 0 aliphatic heterocycles. The van der Waals surface area contributed by atoms with Gasteiger partial charge < -0.3 is 25.4 Å². The lowest BCUT2D eigenvalue weighted by Gasteiger charge is -2.23. The molecule has 0 bridgehead atoms. The first-order valence-electron chi connectivity index (χ1n) is 8.34. The van der Waals surface area contributed by atoms with Gasteiger partial charge >= 0.3 is 0 Å². The Balaban J connectivity index is 0.00000625. The number of carbonyl (C=O) groups excluding carboxylic acids is 1. The smallest absolute Gasteiger partial charge is 0.257 e. The lowest BCUT2D eigenvalue weighted by molar-refractivity contribution is -0.123. The lowest BCUT2D eigenvalue weighted by atomic mass is 10.1. The number of guanidine groups is 1. The quantitative estimate of drug-likeness (QED) is 0.318. The Morgan fingerprint density at radius 1 is 1.19 bits per heavy atom. The molecular formula is C18H31IN4O3. The van der Waals surface area contributed by atoms with Crippen LogP contribution < -0.4 is 25.4 Å². The van der Waals surface area contributed by atoms with Gasteiger partial charge in [-0.3, -0.25) is 9.79 Å². The SMILES string of the molecule is CCNC(=O)COc1ccc(CNC(=NC)NC(C)(C)C)cc1OC.I. The van der Waals surface area contributed by atoms with Crippen molar-refractivity contribution in [1.82, 2.24) is 16.0 Å². The molecule has 148 valence electrons. The summed E-state index contributed by atoms with van der Waals surface area (Å²) < 4.78 is 10.9. The maximum absolute atomic E-state index is 11.5. The standard InChI is InChI=1S/C18H30N4O3.HI/c1-7-20-16(23)12-25-14-9-8-13(10-15(14)24-6)11-21-17(19-5)22-18(2,3)4;/h8-10H,7,11-12H2,1-6H3,(H,20,23)(H2,19,21,22);1H. The predicted octanol–water partition coefficient (Wildman–Crippen LogP) is 2.29. The van der Waals surface area contributed by atoms with Crippen LogP contribution in [0.5, 0.6) is 11.5 Å². The largest absolute Gasteiger partial charge is 0.493 e. The van der Waals surface area contributed by atoms with Crippen molar-refractivity contribution in [3.63, 3.8) is 0 Å². The summed E-state index contributed by atoms with van der Waals surface area (Å²) in [5.74, 6) is 1.69. The summed E-state index contributed by atoms with van der Waals surface area (Å²) >= 11 is 0. The molecule has 0 saturated carbocycles. The van der Waals surface area contributed by atoms with E-state index >= 15 is 0 Å². The molecule has 1 rings (SSSR count). The normalized spacial score (nSPS) is 11.2. The Kier molecular flexibility index (Phi) is 11.0. The van der Waals surface area contributed by atoms with E-state index in [0.29, 0.717) is 24.6 Å². The van der Waals surface area contributed by atoms with E-state index in [2.05, 4.69) is 41.7 Å². The van der Waals surface area contributed by atoms with E-state index in [1.54, 1.807) is 20.2 Å². The molecule has 0 spiro atoms. The van der Waals surface area contributed by atoms with Crippen LogP contribution in [0.15, 0.2) is 23.2 Å². The zero-order chi connectivity index (χ0) is 18.9. The first-order chi connectivity index (χ1) is 11.8. The van der Waals surface area contributed by atoms with E-state index < -0.39 is 0 Å². The van der Waals surface area contributed by atoms with E-state index in [9.17, 15) is 4.79 Å². The van der Waals surface area contributed by atoms with Crippen molar-refractivity contribution < 1.29 is 14.3 Å². The van der Waals surface area contributed by atoms with Crippen molar-refractivity contribution in [1.29, 1.82) is 0 Å². The van der Waals surface area contributed by atoms with E-state index in [1.807, 2.05) is 19.1 Å². The molecule has 0 radical (unpaired) electrons. The minimum Gasteiger partial charge on any atom is -0.493 e. The first kappa shape index (κ1) is 24.3. The molecule has 0 aliphatic rings. The molecule has 0 aliphatic carbocycles. The number of benzene rings is 1. The van der Waals surface area contributed by atoms with Gasteiger partial charge in [0.25, 0.3) is 5.91 Å². The van der Waals surface area contributed by atoms with Crippen molar-refractivity contribution in [3.8, 4) is 11.5 Å². The molecule has 0 unspecified atom stereocenters. The molecule has 0 aromatic heterocycles. The average molecular weight is 478 g/mol. The number of methoxy groups -OCH3 is 1. The van der Waals surface area contributed by atoms with E-state index in [1.165, 1.54) is 0 Å². The number of carbonyl (C=O) groups is 1. The van der Waals surface area contributed by atoms with Gasteiger partial charge in [-0.2, -0.15) is 0 Å². The molecule has 1 aromatic rings. The Bertz CT molecular complexity index is 601. The molecule has 1 aromatic carbocycles. The molecule has 0 atom stereocenters. The molecule has 26 heavy (non-hydrogen) atoms. The second kappa shape index (κ2) is 11.8. The van der Waals surface area contributed by atoms with Crippen LogP contribution in [0, 0.1) is 0 Å². The van der Waals surface area contributed by atoms with Crippen LogP contribution in [0.3, 0.4) is 0 Å². The second-order valence-electron chi connectivity index (χ2n) is 6.53. The van der Waals surface area contributed by atoms with Gasteiger partial charge in [0.2, 0.25) is 0 Å². The highest BCUT2D eigenvalue weighted by Crippen LogP contribution is 2.28. The predicted molar refractivity (Wildman–Crippen MR) is 116 cm³/mol. The maximum Gasteiger partial charge on any atom is 0.257 e. The van der Waals surface area contributed by atoms with Crippen LogP contribution >= 0.6 is 24.0 Å². The van der Waals surface area contributed by atoms with Gasteiger partial charge in [0.05, 0.1) is 7.11 Å². The number of ether oxygens (including phenoxy) is 2. The van der Waals surface area contributed by atoms with Crippen LogP contribution in [-0.2, 0) is 11.3 Å². The topological polar surface area (TPSA) is 84.0 Å². The van der Waals surface area contributed by atoms with Crippen LogP contribution in [0.1, 0.15) is 33.3 Å². The Hall–Kier alpha value is -1.71. The second-order valence-corrected chi connectivity index (χ2v) is 6.53. The highest BCUT2D eigenvalue weighted by molar-refractivity contribution is 14.0. The van der Waals surface area contributed by atoms with Crippen molar-refractivity contribution in [3.05, 3.63) is 23.8 Å². The number of halogens is 1. The number of nitrogens with zero attached hydrogens (tertiary/aromatic N) is 1. The molecule has 3 N–H and O–H groups in total. The van der Waals surface area contributed by atoms with Crippen LogP contribution in [0.2, 0.25) is 0 Å². The molecular weight excluding hydrogens is 447 g/mol. The summed E-state index contributed by atoms with van der Waals surface area (Å²) in [6, 6.07) is 5.60. The van der Waals surface area contributed by atoms with Crippen LogP contribution in [-0.4, -0.2) is 44.7 Å². The van der Waals surface area contributed by atoms with Crippen LogP contribution in [0.25, 0.3) is 0 Å². The minimum atomic E-state index is -0.160. The Morgan fingerprint density at radius 3 is 2.42 bits per heavy atom. The van der Waals surface area contributed by atoms with Gasteiger partial charge in [0.1, 0.15) is 0 Å². The van der Waals surface area contributed by atoms with Crippen molar-refractivity contribution in [2.45, 2.75) is 39.8 Å². The zero-order valence-corrected chi connectivity index (χ0v) is 18.8. The fraction of sp³-hybridized carbons (Fsp3) is 0.556. The third-order valence-corrected chi connectivity index (χ3v) is 3.14. The maximum atomic E-state index is 11.5. The molecule has 0 heterocycles. The average Bonchev–Trinajstić information content (AvgIpc) is 2.56. The highest BCUT2D eigenvalue weighted by Gasteiger charge is 2.12. The van der Waals surface area contributed by atoms with Gasteiger partial charge in [-0.25, -0.2) is 0 Å². The summed E-state index contributed by atoms with van der Waals surface area (Å²) in [6.07, 6.45) is 0. The molecule has 7 nitrogen and oxygen atoms in total. The Morgan fingerprint density at radius 2 is 1.88 bits per heavy atom. The number of hydrogen-bond donors (Lipinski definition) is 3. The van der Waals surface area contributed by atoms with Crippen molar-refractivity contribution >= 4 is 35.8 Å². The summed E-state index contributed by atoms with van der Waals surface area (Å²) in [4.78, 5) is 15.7. The highest BCUT2D eigenvalue weighted by atomic mass is 127. The van der Waals surface area contributed by atoms with Crippen molar-refractivity contribution in [2.24, 2.45) is 4.99 Å². The summed E-state index contributed by atoms with van der Waals surface area (Å²) in [6.45, 7) is 9.21. The van der Waals surface area contributed by atoms with Crippen LogP contribution in [0.4, 0.5) is 0 Å². The molecule has 8 heteroatoms. The number of aliphatic imine (C=N–C) groups is 1. The molecule has 0 saturated heterocycles. The number of hydrogen-bond acceptors (Lipinski definition) is 4. The fourth-order valence-electron chi connectivity index (χ4n) is 2.05. The first-order valence-corrected chi connectivity index (χ1v) is 8.34. The summed E-state index contributed by atoms with van der Waals surface area (Å²) in [7, 11) is 3.31. The fourth-order valence-corrected chi connectivity index (χ4v) is 2.05. The summed E-state index contributed by atoms with van der Waals surface area (Å²) in [5, 5.41) is 9.25. The van der Waals surface area contributed by atoms with Gasteiger partial charge in [-0.1, -0.05) is 6.07 Å². The number of nitrogens with one attached hydrogen (secondary N) is 3. The van der Waals surface area contributed by atoms with E-state index in [4.69, 9.17) is 9.47 Å². The van der Waals surface area contributed by atoms with Crippen molar-refractivity contribution in [2.75, 3.05) is 27.3 Å². The Labute approximate surface area is 173 Å². The number of amides is 1. The third-order valence-electron chi connectivity index (χ3n) is 3.14. The van der Waals surface area contributed by atoms with Gasteiger partial charge in [-0.15, -0.1) is 24.0 Å². The van der Waals surface area contributed by atoms with Gasteiger partial charge in [-0.05, 0) is 45.4 Å². The summed E-state index contributed by atoms with van der Waals surface area (Å²) in [5.41, 5.74) is 0.940. The van der Waals surface area contributed by atoms with E-state index in [0.717, 1.165) is 11.5 Å². The molecule has 1 amide bonds. The minimum absolute atomic E-state index is 0. The number of rotatable bonds is 7. The zero-order valence-electron chi connectivity index (χ0n) is 16.4. The van der Waals surface area contributed by atoms with Gasteiger partial charge in [0.15, 0.2) is 24.1 Å². The van der Waals surface area contributed by atoms with E-state index in [-0.39, 0.29) is 42.0 Å². The number of likely N-dealkylation sites (N-methyl/N-ethyl adjacent to an activating group) is 1.